The van der Waals surface area contributed by atoms with Crippen molar-refractivity contribution in [1.29, 1.82) is 0 Å². The van der Waals surface area contributed by atoms with Gasteiger partial charge in [-0.25, -0.2) is 4.98 Å². The molecule has 4 nitrogen and oxygen atoms in total. The molecule has 2 rings (SSSR count). The standard InChI is InChI=1S/C11H14N2O2/c1-8-12-10-4-3-9(5-11(10)15-8)6-13(2)7-14/h3-5,14H,6-7H2,1-2H3. The van der Waals surface area contributed by atoms with E-state index in [9.17, 15) is 0 Å². The Hall–Kier alpha value is -1.39. The molecule has 4 heteroatoms. The number of aliphatic hydroxyl groups is 1. The van der Waals surface area contributed by atoms with E-state index in [0.717, 1.165) is 16.7 Å². The third-order valence-corrected chi connectivity index (χ3v) is 2.25. The maximum atomic E-state index is 8.90. The molecule has 0 unspecified atom stereocenters. The maximum Gasteiger partial charge on any atom is 0.192 e. The van der Waals surface area contributed by atoms with Crippen LogP contribution in [0.3, 0.4) is 0 Å². The highest BCUT2D eigenvalue weighted by Gasteiger charge is 2.04. The Morgan fingerprint density at radius 2 is 2.27 bits per heavy atom. The van der Waals surface area contributed by atoms with Crippen molar-refractivity contribution < 1.29 is 9.52 Å². The van der Waals surface area contributed by atoms with Crippen LogP contribution in [0.4, 0.5) is 0 Å². The normalized spacial score (nSPS) is 11.5. The number of rotatable bonds is 3. The van der Waals surface area contributed by atoms with Gasteiger partial charge in [0.15, 0.2) is 11.5 Å². The van der Waals surface area contributed by atoms with Crippen LogP contribution in [0, 0.1) is 6.92 Å². The van der Waals surface area contributed by atoms with Crippen molar-refractivity contribution >= 4 is 11.1 Å². The average molecular weight is 206 g/mol. The Balaban J connectivity index is 2.30. The summed E-state index contributed by atoms with van der Waals surface area (Å²) in [5, 5.41) is 8.90. The first kappa shape index (κ1) is 10.1. The first-order chi connectivity index (χ1) is 7.19. The van der Waals surface area contributed by atoms with Gasteiger partial charge in [-0.05, 0) is 24.7 Å². The largest absolute Gasteiger partial charge is 0.441 e. The Morgan fingerprint density at radius 3 is 3.00 bits per heavy atom. The molecule has 1 N–H and O–H groups in total. The second kappa shape index (κ2) is 4.00. The molecule has 0 aliphatic rings. The minimum Gasteiger partial charge on any atom is -0.441 e. The van der Waals surface area contributed by atoms with Gasteiger partial charge in [0.25, 0.3) is 0 Å². The third-order valence-electron chi connectivity index (χ3n) is 2.25. The molecule has 0 spiro atoms. The first-order valence-corrected chi connectivity index (χ1v) is 4.84. The van der Waals surface area contributed by atoms with Crippen molar-refractivity contribution in [3.05, 3.63) is 29.7 Å². The lowest BCUT2D eigenvalue weighted by Crippen LogP contribution is -2.18. The molecule has 0 atom stereocenters. The van der Waals surface area contributed by atoms with Crippen molar-refractivity contribution in [3.8, 4) is 0 Å². The number of aryl methyl sites for hydroxylation is 1. The van der Waals surface area contributed by atoms with Crippen LogP contribution >= 0.6 is 0 Å². The number of aromatic nitrogens is 1. The summed E-state index contributed by atoms with van der Waals surface area (Å²) < 4.78 is 5.43. The number of hydrogen-bond donors (Lipinski definition) is 1. The maximum absolute atomic E-state index is 8.90. The fraction of sp³-hybridized carbons (Fsp3) is 0.364. The number of hydrogen-bond acceptors (Lipinski definition) is 4. The van der Waals surface area contributed by atoms with Gasteiger partial charge in [-0.15, -0.1) is 0 Å². The summed E-state index contributed by atoms with van der Waals surface area (Å²) in [4.78, 5) is 6.03. The molecule has 1 heterocycles. The molecule has 2 aromatic rings. The summed E-state index contributed by atoms with van der Waals surface area (Å²) in [6.07, 6.45) is 0. The van der Waals surface area contributed by atoms with Gasteiger partial charge in [0.2, 0.25) is 0 Å². The molecule has 0 saturated carbocycles. The lowest BCUT2D eigenvalue weighted by molar-refractivity contribution is 0.127. The zero-order valence-corrected chi connectivity index (χ0v) is 8.90. The summed E-state index contributed by atoms with van der Waals surface area (Å²) in [7, 11) is 1.86. The lowest BCUT2D eigenvalue weighted by Gasteiger charge is -2.12. The van der Waals surface area contributed by atoms with E-state index in [2.05, 4.69) is 4.98 Å². The minimum absolute atomic E-state index is 0.0491. The van der Waals surface area contributed by atoms with Gasteiger partial charge in [-0.3, -0.25) is 4.90 Å². The van der Waals surface area contributed by atoms with Crippen LogP contribution in [0.2, 0.25) is 0 Å². The van der Waals surface area contributed by atoms with Crippen molar-refractivity contribution in [3.63, 3.8) is 0 Å². The SMILES string of the molecule is Cc1nc2ccc(CN(C)CO)cc2o1. The predicted octanol–water partition coefficient (Wildman–Crippen LogP) is 1.52. The second-order valence-corrected chi connectivity index (χ2v) is 3.69. The summed E-state index contributed by atoms with van der Waals surface area (Å²) >= 11 is 0. The zero-order chi connectivity index (χ0) is 10.8. The molecule has 15 heavy (non-hydrogen) atoms. The second-order valence-electron chi connectivity index (χ2n) is 3.69. The lowest BCUT2D eigenvalue weighted by atomic mass is 10.2. The van der Waals surface area contributed by atoms with Crippen molar-refractivity contribution in [2.45, 2.75) is 13.5 Å². The fourth-order valence-electron chi connectivity index (χ4n) is 1.54. The van der Waals surface area contributed by atoms with Crippen LogP contribution in [0.15, 0.2) is 22.6 Å². The third kappa shape index (κ3) is 2.16. The monoisotopic (exact) mass is 206 g/mol. The minimum atomic E-state index is 0.0491. The summed E-state index contributed by atoms with van der Waals surface area (Å²) in [6, 6.07) is 5.89. The van der Waals surface area contributed by atoms with E-state index in [1.807, 2.05) is 37.1 Å². The van der Waals surface area contributed by atoms with Crippen LogP contribution in [-0.4, -0.2) is 28.8 Å². The van der Waals surface area contributed by atoms with E-state index in [4.69, 9.17) is 9.52 Å². The Bertz CT molecular complexity index is 465. The van der Waals surface area contributed by atoms with Crippen molar-refractivity contribution in [1.82, 2.24) is 9.88 Å². The first-order valence-electron chi connectivity index (χ1n) is 4.84. The number of benzene rings is 1. The topological polar surface area (TPSA) is 49.5 Å². The number of fused-ring (bicyclic) bond motifs is 1. The van der Waals surface area contributed by atoms with E-state index >= 15 is 0 Å². The highest BCUT2D eigenvalue weighted by molar-refractivity contribution is 5.73. The van der Waals surface area contributed by atoms with Crippen LogP contribution in [0.5, 0.6) is 0 Å². The van der Waals surface area contributed by atoms with E-state index in [0.29, 0.717) is 12.4 Å². The van der Waals surface area contributed by atoms with Crippen molar-refractivity contribution in [2.75, 3.05) is 13.8 Å². The quantitative estimate of drug-likeness (QED) is 0.773. The summed E-state index contributed by atoms with van der Waals surface area (Å²) in [5.74, 6) is 0.678. The highest BCUT2D eigenvalue weighted by Crippen LogP contribution is 2.17. The van der Waals surface area contributed by atoms with Crippen molar-refractivity contribution in [2.24, 2.45) is 0 Å². The highest BCUT2D eigenvalue weighted by atomic mass is 16.3. The molecule has 1 aromatic heterocycles. The number of aliphatic hydroxyl groups excluding tert-OH is 1. The van der Waals surface area contributed by atoms with Gasteiger partial charge in [-0.1, -0.05) is 6.07 Å². The smallest absolute Gasteiger partial charge is 0.192 e. The molecule has 80 valence electrons. The summed E-state index contributed by atoms with van der Waals surface area (Å²) in [6.45, 7) is 2.58. The molecular formula is C11H14N2O2. The van der Waals surface area contributed by atoms with E-state index in [1.165, 1.54) is 0 Å². The van der Waals surface area contributed by atoms with Gasteiger partial charge in [-0.2, -0.15) is 0 Å². The van der Waals surface area contributed by atoms with Crippen LogP contribution < -0.4 is 0 Å². The molecule has 1 aromatic carbocycles. The average Bonchev–Trinajstić information content (AvgIpc) is 2.57. The predicted molar refractivity (Wildman–Crippen MR) is 57.3 cm³/mol. The van der Waals surface area contributed by atoms with Gasteiger partial charge in [0.1, 0.15) is 5.52 Å². The molecule has 0 aliphatic heterocycles. The van der Waals surface area contributed by atoms with E-state index < -0.39 is 0 Å². The number of oxazole rings is 1. The Labute approximate surface area is 88.1 Å². The van der Waals surface area contributed by atoms with E-state index in [-0.39, 0.29) is 6.73 Å². The van der Waals surface area contributed by atoms with Crippen LogP contribution in [0.25, 0.3) is 11.1 Å². The van der Waals surface area contributed by atoms with E-state index in [1.54, 1.807) is 0 Å². The molecule has 0 aliphatic carbocycles. The zero-order valence-electron chi connectivity index (χ0n) is 8.90. The summed E-state index contributed by atoms with van der Waals surface area (Å²) in [5.41, 5.74) is 2.79. The van der Waals surface area contributed by atoms with Gasteiger partial charge in [0, 0.05) is 13.5 Å². The molecular weight excluding hydrogens is 192 g/mol. The molecule has 0 saturated heterocycles. The Kier molecular flexibility index (Phi) is 2.70. The van der Waals surface area contributed by atoms with Crippen LogP contribution in [0.1, 0.15) is 11.5 Å². The molecule has 0 radical (unpaired) electrons. The Morgan fingerprint density at radius 1 is 1.47 bits per heavy atom. The van der Waals surface area contributed by atoms with Gasteiger partial charge in [0.05, 0.1) is 6.73 Å². The molecule has 0 bridgehead atoms. The number of nitrogens with zero attached hydrogens (tertiary/aromatic N) is 2. The van der Waals surface area contributed by atoms with Gasteiger partial charge < -0.3 is 9.52 Å². The van der Waals surface area contributed by atoms with Gasteiger partial charge >= 0.3 is 0 Å². The molecule has 0 amide bonds. The molecule has 0 fully saturated rings. The van der Waals surface area contributed by atoms with Crippen LogP contribution in [-0.2, 0) is 6.54 Å². The fourth-order valence-corrected chi connectivity index (χ4v) is 1.54.